The molecule has 1 aliphatic rings. The van der Waals surface area contributed by atoms with Gasteiger partial charge in [0.05, 0.1) is 12.2 Å². The number of fused-ring (bicyclic) bond motifs is 1. The van der Waals surface area contributed by atoms with Gasteiger partial charge in [-0.25, -0.2) is 4.98 Å². The molecule has 0 fully saturated rings. The number of nitrogens with zero attached hydrogens (tertiary/aromatic N) is 2. The van der Waals surface area contributed by atoms with Crippen molar-refractivity contribution in [2.24, 2.45) is 0 Å². The summed E-state index contributed by atoms with van der Waals surface area (Å²) in [7, 11) is 1.79. The minimum atomic E-state index is -0.198. The Kier molecular flexibility index (Phi) is 4.81. The Morgan fingerprint density at radius 2 is 1.85 bits per heavy atom. The summed E-state index contributed by atoms with van der Waals surface area (Å²) in [5.41, 5.74) is 1.77. The van der Waals surface area contributed by atoms with Gasteiger partial charge in [0.1, 0.15) is 16.5 Å². The molecule has 0 spiro atoms. The van der Waals surface area contributed by atoms with Gasteiger partial charge in [-0.05, 0) is 19.1 Å². The van der Waals surface area contributed by atoms with Crippen molar-refractivity contribution < 1.29 is 14.3 Å². The first kappa shape index (κ1) is 17.5. The van der Waals surface area contributed by atoms with Crippen LogP contribution >= 0.6 is 11.3 Å². The summed E-state index contributed by atoms with van der Waals surface area (Å²) >= 11 is 1.43. The molecular formula is C21H20N2O3S. The molecule has 6 heteroatoms. The lowest BCUT2D eigenvalue weighted by atomic mass is 10.2. The second kappa shape index (κ2) is 7.40. The lowest BCUT2D eigenvalue weighted by molar-refractivity contribution is 0.0523. The Hall–Kier alpha value is -2.86. The fourth-order valence-electron chi connectivity index (χ4n) is 3.01. The first-order chi connectivity index (χ1) is 13.1. The van der Waals surface area contributed by atoms with Gasteiger partial charge in [-0.2, -0.15) is 0 Å². The topological polar surface area (TPSA) is 51.7 Å². The van der Waals surface area contributed by atoms with Crippen LogP contribution in [-0.4, -0.2) is 42.1 Å². The van der Waals surface area contributed by atoms with Crippen LogP contribution in [0.25, 0.3) is 10.6 Å². The molecule has 0 N–H and O–H groups in total. The largest absolute Gasteiger partial charge is 0.486 e. The van der Waals surface area contributed by atoms with Crippen LogP contribution in [0.1, 0.15) is 15.4 Å². The highest BCUT2D eigenvalue weighted by Gasteiger charge is 2.26. The fraction of sp³-hybridized carbons (Fsp3) is 0.238. The lowest BCUT2D eigenvalue weighted by Crippen LogP contribution is -2.41. The van der Waals surface area contributed by atoms with Gasteiger partial charge in [0.2, 0.25) is 0 Å². The Bertz CT molecular complexity index is 955. The molecule has 2 aromatic carbocycles. The summed E-state index contributed by atoms with van der Waals surface area (Å²) in [6.45, 7) is 2.75. The van der Waals surface area contributed by atoms with Gasteiger partial charge in [0.25, 0.3) is 5.91 Å². The van der Waals surface area contributed by atoms with Gasteiger partial charge in [-0.3, -0.25) is 4.79 Å². The lowest BCUT2D eigenvalue weighted by Gasteiger charge is -2.29. The van der Waals surface area contributed by atoms with Crippen molar-refractivity contribution in [2.45, 2.75) is 13.0 Å². The van der Waals surface area contributed by atoms with E-state index in [1.807, 2.05) is 61.5 Å². The number of benzene rings is 2. The molecule has 1 atom stereocenters. The molecule has 138 valence electrons. The molecule has 4 rings (SSSR count). The van der Waals surface area contributed by atoms with E-state index in [0.29, 0.717) is 18.0 Å². The van der Waals surface area contributed by atoms with Crippen LogP contribution in [-0.2, 0) is 0 Å². The van der Waals surface area contributed by atoms with E-state index in [4.69, 9.17) is 9.47 Å². The van der Waals surface area contributed by atoms with Crippen LogP contribution in [0.5, 0.6) is 11.5 Å². The molecule has 27 heavy (non-hydrogen) atoms. The zero-order chi connectivity index (χ0) is 18.8. The summed E-state index contributed by atoms with van der Waals surface area (Å²) in [5, 5.41) is 0.857. The standard InChI is InChI=1S/C21H20N2O3S/c1-14-19(27-20(22-14)15-8-4-3-5-9-15)21(24)23(2)12-16-13-25-17-10-6-7-11-18(17)26-16/h3-11,16H,12-13H2,1-2H3. The maximum Gasteiger partial charge on any atom is 0.265 e. The molecule has 0 saturated carbocycles. The smallest absolute Gasteiger partial charge is 0.265 e. The van der Waals surface area contributed by atoms with E-state index in [1.54, 1.807) is 11.9 Å². The molecule has 1 amide bonds. The predicted octanol–water partition coefficient (Wildman–Crippen LogP) is 4.03. The van der Waals surface area contributed by atoms with Crippen LogP contribution in [0.3, 0.4) is 0 Å². The minimum Gasteiger partial charge on any atom is -0.486 e. The second-order valence-corrected chi connectivity index (χ2v) is 7.48. The molecule has 1 aromatic heterocycles. The Morgan fingerprint density at radius 1 is 1.15 bits per heavy atom. The maximum absolute atomic E-state index is 12.9. The Balaban J connectivity index is 1.46. The Morgan fingerprint density at radius 3 is 2.63 bits per heavy atom. The molecule has 0 saturated heterocycles. The Labute approximate surface area is 162 Å². The molecule has 3 aromatic rings. The van der Waals surface area contributed by atoms with Crippen LogP contribution in [0.15, 0.2) is 54.6 Å². The van der Waals surface area contributed by atoms with Crippen molar-refractivity contribution in [3.05, 3.63) is 65.2 Å². The number of hydrogen-bond donors (Lipinski definition) is 0. The van der Waals surface area contributed by atoms with E-state index in [2.05, 4.69) is 4.98 Å². The van der Waals surface area contributed by atoms with E-state index < -0.39 is 0 Å². The van der Waals surface area contributed by atoms with Crippen LogP contribution < -0.4 is 9.47 Å². The predicted molar refractivity (Wildman–Crippen MR) is 106 cm³/mol. The van der Waals surface area contributed by atoms with Gasteiger partial charge in [-0.15, -0.1) is 11.3 Å². The number of thiazole rings is 1. The van der Waals surface area contributed by atoms with Gasteiger partial charge >= 0.3 is 0 Å². The zero-order valence-electron chi connectivity index (χ0n) is 15.2. The third-order valence-electron chi connectivity index (χ3n) is 4.40. The molecule has 0 bridgehead atoms. The van der Waals surface area contributed by atoms with Crippen molar-refractivity contribution in [3.63, 3.8) is 0 Å². The number of aryl methyl sites for hydroxylation is 1. The van der Waals surface area contributed by atoms with E-state index >= 15 is 0 Å². The first-order valence-electron chi connectivity index (χ1n) is 8.78. The average Bonchev–Trinajstić information content (AvgIpc) is 3.09. The highest BCUT2D eigenvalue weighted by molar-refractivity contribution is 7.17. The molecule has 0 radical (unpaired) electrons. The quantitative estimate of drug-likeness (QED) is 0.686. The normalized spacial score (nSPS) is 15.4. The number of para-hydroxylation sites is 2. The van der Waals surface area contributed by atoms with Gasteiger partial charge < -0.3 is 14.4 Å². The number of carbonyl (C=O) groups excluding carboxylic acids is 1. The number of amides is 1. The first-order valence-corrected chi connectivity index (χ1v) is 9.60. The minimum absolute atomic E-state index is 0.0466. The summed E-state index contributed by atoms with van der Waals surface area (Å²) in [4.78, 5) is 19.8. The number of hydrogen-bond acceptors (Lipinski definition) is 5. The van der Waals surface area contributed by atoms with Gasteiger partial charge in [-0.1, -0.05) is 42.5 Å². The zero-order valence-corrected chi connectivity index (χ0v) is 16.0. The molecule has 2 heterocycles. The molecule has 1 aliphatic heterocycles. The highest BCUT2D eigenvalue weighted by Crippen LogP contribution is 2.32. The number of ether oxygens (including phenoxy) is 2. The summed E-state index contributed by atoms with van der Waals surface area (Å²) in [6, 6.07) is 17.5. The maximum atomic E-state index is 12.9. The van der Waals surface area contributed by atoms with Crippen molar-refractivity contribution in [1.29, 1.82) is 0 Å². The highest BCUT2D eigenvalue weighted by atomic mass is 32.1. The monoisotopic (exact) mass is 380 g/mol. The van der Waals surface area contributed by atoms with Crippen molar-refractivity contribution >= 4 is 17.2 Å². The van der Waals surface area contributed by atoms with Gasteiger partial charge in [0, 0.05) is 12.6 Å². The summed E-state index contributed by atoms with van der Waals surface area (Å²) in [5.74, 6) is 1.41. The number of rotatable bonds is 4. The number of carbonyl (C=O) groups is 1. The van der Waals surface area contributed by atoms with E-state index in [9.17, 15) is 4.79 Å². The van der Waals surface area contributed by atoms with E-state index in [1.165, 1.54) is 11.3 Å². The van der Waals surface area contributed by atoms with E-state index in [0.717, 1.165) is 27.8 Å². The molecular weight excluding hydrogens is 360 g/mol. The van der Waals surface area contributed by atoms with Gasteiger partial charge in [0.15, 0.2) is 17.6 Å². The SMILES string of the molecule is Cc1nc(-c2ccccc2)sc1C(=O)N(C)CC1COc2ccccc2O1. The second-order valence-electron chi connectivity index (χ2n) is 6.48. The molecule has 0 aliphatic carbocycles. The third-order valence-corrected chi connectivity index (χ3v) is 5.60. The number of aromatic nitrogens is 1. The molecule has 5 nitrogen and oxygen atoms in total. The van der Waals surface area contributed by atoms with Crippen molar-refractivity contribution in [1.82, 2.24) is 9.88 Å². The third kappa shape index (κ3) is 3.66. The fourth-order valence-corrected chi connectivity index (χ4v) is 4.08. The van der Waals surface area contributed by atoms with Crippen molar-refractivity contribution in [3.8, 4) is 22.1 Å². The summed E-state index contributed by atoms with van der Waals surface area (Å²) in [6.07, 6.45) is -0.198. The average molecular weight is 380 g/mol. The van der Waals surface area contributed by atoms with Crippen LogP contribution in [0.4, 0.5) is 0 Å². The van der Waals surface area contributed by atoms with Crippen LogP contribution in [0.2, 0.25) is 0 Å². The molecule has 1 unspecified atom stereocenters. The van der Waals surface area contributed by atoms with Crippen molar-refractivity contribution in [2.75, 3.05) is 20.2 Å². The van der Waals surface area contributed by atoms with Crippen LogP contribution in [0, 0.1) is 6.92 Å². The number of likely N-dealkylation sites (N-methyl/N-ethyl adjacent to an activating group) is 1. The summed E-state index contributed by atoms with van der Waals surface area (Å²) < 4.78 is 11.7. The van der Waals surface area contributed by atoms with E-state index in [-0.39, 0.29) is 12.0 Å².